The number of carbonyl (C=O) groups is 2. The fourth-order valence-corrected chi connectivity index (χ4v) is 1.32. The largest absolute Gasteiger partial charge is 0.573 e. The number of ether oxygens (including phenoxy) is 2. The Labute approximate surface area is 105 Å². The molecule has 1 aromatic carbocycles. The van der Waals surface area contributed by atoms with E-state index < -0.39 is 29.2 Å². The Kier molecular flexibility index (Phi) is 4.11. The summed E-state index contributed by atoms with van der Waals surface area (Å²) in [6, 6.07) is 3.41. The first kappa shape index (κ1) is 14.5. The number of carbonyl (C=O) groups excluding carboxylic acids is 2. The maximum atomic E-state index is 12.3. The van der Waals surface area contributed by atoms with Crippen molar-refractivity contribution in [1.29, 1.82) is 5.26 Å². The summed E-state index contributed by atoms with van der Waals surface area (Å²) in [5, 5.41) is 8.72. The highest BCUT2D eigenvalue weighted by molar-refractivity contribution is 6.01. The fraction of sp³-hybridized carbons (Fsp3) is 0.182. The van der Waals surface area contributed by atoms with Crippen molar-refractivity contribution < 1.29 is 32.2 Å². The van der Waals surface area contributed by atoms with Gasteiger partial charge in [0.2, 0.25) is 0 Å². The Morgan fingerprint density at radius 2 is 2.05 bits per heavy atom. The van der Waals surface area contributed by atoms with Crippen molar-refractivity contribution in [2.45, 2.75) is 6.36 Å². The number of hydrogen-bond acceptors (Lipinski definition) is 5. The minimum Gasteiger partial charge on any atom is -0.465 e. The van der Waals surface area contributed by atoms with Crippen LogP contribution in [-0.4, -0.2) is 25.7 Å². The summed E-state index contributed by atoms with van der Waals surface area (Å²) in [6.45, 7) is 0. The van der Waals surface area contributed by atoms with E-state index in [4.69, 9.17) is 5.26 Å². The minimum absolute atomic E-state index is 0.163. The molecule has 0 amide bonds. The Morgan fingerprint density at radius 3 is 2.47 bits per heavy atom. The second-order valence-electron chi connectivity index (χ2n) is 3.18. The molecule has 0 saturated heterocycles. The highest BCUT2D eigenvalue weighted by atomic mass is 19.4. The van der Waals surface area contributed by atoms with Crippen LogP contribution in [0.2, 0.25) is 0 Å². The second-order valence-corrected chi connectivity index (χ2v) is 3.18. The molecule has 0 aliphatic carbocycles. The number of rotatable bonds is 3. The van der Waals surface area contributed by atoms with Gasteiger partial charge in [0.25, 0.3) is 0 Å². The molecule has 1 aromatic rings. The molecule has 19 heavy (non-hydrogen) atoms. The molecule has 8 heteroatoms. The molecule has 0 radical (unpaired) electrons. The lowest BCUT2D eigenvalue weighted by molar-refractivity contribution is -0.274. The third-order valence-electron chi connectivity index (χ3n) is 2.04. The standard InChI is InChI=1S/C11H6F3NO4/c1-18-10(17)8-7(5-16)3-2-6(4-15)9(8)19-11(12,13)14/h2-3,5H,1H3. The maximum absolute atomic E-state index is 12.3. The van der Waals surface area contributed by atoms with E-state index in [1.54, 1.807) is 0 Å². The number of nitriles is 1. The molecule has 100 valence electrons. The van der Waals surface area contributed by atoms with Gasteiger partial charge in [-0.3, -0.25) is 4.79 Å². The van der Waals surface area contributed by atoms with Crippen molar-refractivity contribution >= 4 is 12.3 Å². The van der Waals surface area contributed by atoms with Gasteiger partial charge in [0, 0.05) is 5.56 Å². The molecule has 0 saturated carbocycles. The molecule has 0 bridgehead atoms. The number of alkyl halides is 3. The zero-order valence-electron chi connectivity index (χ0n) is 9.45. The zero-order valence-corrected chi connectivity index (χ0v) is 9.45. The van der Waals surface area contributed by atoms with Crippen molar-refractivity contribution in [3.05, 3.63) is 28.8 Å². The van der Waals surface area contributed by atoms with Crippen LogP contribution in [0.5, 0.6) is 5.75 Å². The number of halogens is 3. The number of aldehydes is 1. The first-order valence-corrected chi connectivity index (χ1v) is 4.70. The van der Waals surface area contributed by atoms with Crippen molar-refractivity contribution in [2.75, 3.05) is 7.11 Å². The third kappa shape index (κ3) is 3.22. The number of hydrogen-bond donors (Lipinski definition) is 0. The Morgan fingerprint density at radius 1 is 1.42 bits per heavy atom. The quantitative estimate of drug-likeness (QED) is 0.622. The first-order chi connectivity index (χ1) is 8.84. The first-order valence-electron chi connectivity index (χ1n) is 4.70. The van der Waals surface area contributed by atoms with E-state index in [1.165, 1.54) is 6.07 Å². The topological polar surface area (TPSA) is 76.4 Å². The van der Waals surface area contributed by atoms with E-state index in [9.17, 15) is 22.8 Å². The van der Waals surface area contributed by atoms with Crippen molar-refractivity contribution in [3.8, 4) is 11.8 Å². The van der Waals surface area contributed by atoms with Crippen molar-refractivity contribution in [2.24, 2.45) is 0 Å². The summed E-state index contributed by atoms with van der Waals surface area (Å²) in [5.74, 6) is -2.26. The lowest BCUT2D eigenvalue weighted by Gasteiger charge is -2.14. The van der Waals surface area contributed by atoms with Gasteiger partial charge in [-0.1, -0.05) is 0 Å². The summed E-state index contributed by atoms with van der Waals surface area (Å²) in [5.41, 5.74) is -1.65. The molecular formula is C11H6F3NO4. The van der Waals surface area contributed by atoms with Crippen molar-refractivity contribution in [3.63, 3.8) is 0 Å². The third-order valence-corrected chi connectivity index (χ3v) is 2.04. The summed E-state index contributed by atoms with van der Waals surface area (Å²) in [7, 11) is 0.924. The maximum Gasteiger partial charge on any atom is 0.573 e. The van der Waals surface area contributed by atoms with Gasteiger partial charge in [0.1, 0.15) is 11.6 Å². The predicted molar refractivity (Wildman–Crippen MR) is 54.6 cm³/mol. The van der Waals surface area contributed by atoms with E-state index >= 15 is 0 Å². The van der Waals surface area contributed by atoms with Crippen LogP contribution < -0.4 is 4.74 Å². The van der Waals surface area contributed by atoms with Crippen LogP contribution in [0, 0.1) is 11.3 Å². The Balaban J connectivity index is 3.58. The highest BCUT2D eigenvalue weighted by Crippen LogP contribution is 2.32. The normalized spacial score (nSPS) is 10.5. The average molecular weight is 273 g/mol. The molecule has 1 rings (SSSR count). The zero-order chi connectivity index (χ0) is 14.6. The predicted octanol–water partition coefficient (Wildman–Crippen LogP) is 2.06. The van der Waals surface area contributed by atoms with Crippen LogP contribution in [0.25, 0.3) is 0 Å². The van der Waals surface area contributed by atoms with Crippen LogP contribution in [0.15, 0.2) is 12.1 Å². The summed E-state index contributed by atoms with van der Waals surface area (Å²) in [6.07, 6.45) is -4.95. The molecule has 0 heterocycles. The van der Waals surface area contributed by atoms with Crippen LogP contribution in [-0.2, 0) is 4.74 Å². The Bertz CT molecular complexity index is 560. The SMILES string of the molecule is COC(=O)c1c(C=O)ccc(C#N)c1OC(F)(F)F. The molecule has 0 aliphatic rings. The van der Waals surface area contributed by atoms with Gasteiger partial charge in [0.15, 0.2) is 12.0 Å². The molecule has 0 unspecified atom stereocenters. The minimum atomic E-state index is -5.12. The fourth-order valence-electron chi connectivity index (χ4n) is 1.32. The number of esters is 1. The Hall–Kier alpha value is -2.56. The average Bonchev–Trinajstić information content (AvgIpc) is 2.35. The second kappa shape index (κ2) is 5.39. The van der Waals surface area contributed by atoms with Gasteiger partial charge < -0.3 is 9.47 Å². The monoisotopic (exact) mass is 273 g/mol. The molecule has 0 fully saturated rings. The number of benzene rings is 1. The molecule has 0 aliphatic heterocycles. The van der Waals surface area contributed by atoms with Gasteiger partial charge in [-0.15, -0.1) is 13.2 Å². The van der Waals surface area contributed by atoms with E-state index in [2.05, 4.69) is 9.47 Å². The number of nitrogens with zero attached hydrogens (tertiary/aromatic N) is 1. The molecule has 0 spiro atoms. The van der Waals surface area contributed by atoms with Crippen molar-refractivity contribution in [1.82, 2.24) is 0 Å². The van der Waals surface area contributed by atoms with Gasteiger partial charge in [-0.05, 0) is 12.1 Å². The van der Waals surface area contributed by atoms with E-state index in [0.29, 0.717) is 0 Å². The van der Waals surface area contributed by atoms with Gasteiger partial charge in [-0.2, -0.15) is 5.26 Å². The van der Waals surface area contributed by atoms with Crippen LogP contribution >= 0.6 is 0 Å². The summed E-state index contributed by atoms with van der Waals surface area (Å²) >= 11 is 0. The molecular weight excluding hydrogens is 267 g/mol. The lowest BCUT2D eigenvalue weighted by atomic mass is 10.0. The molecule has 0 atom stereocenters. The summed E-state index contributed by atoms with van der Waals surface area (Å²) < 4.78 is 44.7. The van der Waals surface area contributed by atoms with E-state index in [1.807, 2.05) is 0 Å². The smallest absolute Gasteiger partial charge is 0.465 e. The van der Waals surface area contributed by atoms with Crippen LogP contribution in [0.1, 0.15) is 26.3 Å². The van der Waals surface area contributed by atoms with E-state index in [0.717, 1.165) is 19.2 Å². The van der Waals surface area contributed by atoms with Gasteiger partial charge in [0.05, 0.1) is 12.7 Å². The summed E-state index contributed by atoms with van der Waals surface area (Å²) in [4.78, 5) is 22.2. The molecule has 0 aromatic heterocycles. The number of methoxy groups -OCH3 is 1. The van der Waals surface area contributed by atoms with Gasteiger partial charge in [-0.25, -0.2) is 4.79 Å². The molecule has 0 N–H and O–H groups in total. The van der Waals surface area contributed by atoms with E-state index in [-0.39, 0.29) is 11.8 Å². The molecule has 5 nitrogen and oxygen atoms in total. The van der Waals surface area contributed by atoms with Gasteiger partial charge >= 0.3 is 12.3 Å². The van der Waals surface area contributed by atoms with Crippen LogP contribution in [0.4, 0.5) is 13.2 Å². The van der Waals surface area contributed by atoms with Crippen LogP contribution in [0.3, 0.4) is 0 Å². The highest BCUT2D eigenvalue weighted by Gasteiger charge is 2.35. The lowest BCUT2D eigenvalue weighted by Crippen LogP contribution is -2.21.